The van der Waals surface area contributed by atoms with Gasteiger partial charge in [-0.15, -0.1) is 24.0 Å². The third-order valence-corrected chi connectivity index (χ3v) is 7.39. The van der Waals surface area contributed by atoms with E-state index in [4.69, 9.17) is 16.6 Å². The molecule has 0 atom stereocenters. The van der Waals surface area contributed by atoms with Crippen LogP contribution in [-0.4, -0.2) is 61.6 Å². The van der Waals surface area contributed by atoms with E-state index in [0.717, 1.165) is 47.7 Å². The average Bonchev–Trinajstić information content (AvgIpc) is 3.10. The minimum absolute atomic E-state index is 0. The monoisotopic (exact) mass is 567 g/mol. The smallest absolute Gasteiger partial charge is 0.213 e. The highest BCUT2D eigenvalue weighted by atomic mass is 127. The number of aromatic amines is 1. The summed E-state index contributed by atoms with van der Waals surface area (Å²) in [5, 5.41) is 8.61. The number of hydrogen-bond acceptors (Lipinski definition) is 3. The zero-order valence-electron chi connectivity index (χ0n) is 17.4. The lowest BCUT2D eigenvalue weighted by Gasteiger charge is -2.32. The molecule has 1 aliphatic rings. The highest BCUT2D eigenvalue weighted by Gasteiger charge is 2.26. The molecule has 0 spiro atoms. The molecule has 3 rings (SSSR count). The van der Waals surface area contributed by atoms with E-state index in [9.17, 15) is 8.42 Å². The van der Waals surface area contributed by atoms with Gasteiger partial charge in [0, 0.05) is 54.3 Å². The highest BCUT2D eigenvalue weighted by molar-refractivity contribution is 14.0. The molecule has 1 aromatic heterocycles. The first-order valence-electron chi connectivity index (χ1n) is 10.2. The van der Waals surface area contributed by atoms with Crippen LogP contribution in [0.3, 0.4) is 0 Å². The molecular formula is C20H31ClIN5O2S. The summed E-state index contributed by atoms with van der Waals surface area (Å²) in [6, 6.07) is 6.07. The molecule has 0 aliphatic carbocycles. The van der Waals surface area contributed by atoms with E-state index in [0.29, 0.717) is 19.6 Å². The molecule has 10 heteroatoms. The van der Waals surface area contributed by atoms with Crippen molar-refractivity contribution >= 4 is 62.5 Å². The van der Waals surface area contributed by atoms with Gasteiger partial charge in [-0.25, -0.2) is 12.7 Å². The van der Waals surface area contributed by atoms with Crippen LogP contribution in [0.5, 0.6) is 0 Å². The first-order chi connectivity index (χ1) is 13.9. The number of rotatable bonds is 7. The molecule has 1 aromatic carbocycles. The van der Waals surface area contributed by atoms with Crippen LogP contribution in [0.2, 0.25) is 5.02 Å². The Kier molecular flexibility index (Phi) is 9.70. The summed E-state index contributed by atoms with van der Waals surface area (Å²) < 4.78 is 25.6. The van der Waals surface area contributed by atoms with Gasteiger partial charge < -0.3 is 15.6 Å². The number of nitrogens with zero attached hydrogens (tertiary/aromatic N) is 2. The maximum Gasteiger partial charge on any atom is 0.213 e. The third kappa shape index (κ3) is 6.48. The van der Waals surface area contributed by atoms with Gasteiger partial charge in [-0.2, -0.15) is 0 Å². The molecule has 2 aromatic rings. The quantitative estimate of drug-likeness (QED) is 0.272. The van der Waals surface area contributed by atoms with Crippen LogP contribution in [-0.2, 0) is 16.4 Å². The second-order valence-electron chi connectivity index (χ2n) is 7.23. The van der Waals surface area contributed by atoms with Gasteiger partial charge >= 0.3 is 0 Å². The number of aliphatic imine (C=N–C) groups is 1. The number of piperidine rings is 1. The second-order valence-corrected chi connectivity index (χ2v) is 9.93. The van der Waals surface area contributed by atoms with Crippen molar-refractivity contribution < 1.29 is 8.42 Å². The Labute approximate surface area is 201 Å². The van der Waals surface area contributed by atoms with E-state index >= 15 is 0 Å². The van der Waals surface area contributed by atoms with E-state index in [1.807, 2.05) is 31.3 Å². The summed E-state index contributed by atoms with van der Waals surface area (Å²) in [5.74, 6) is 0.941. The Morgan fingerprint density at radius 1 is 1.30 bits per heavy atom. The fraction of sp³-hybridized carbons (Fsp3) is 0.550. The normalized spacial score (nSPS) is 16.4. The topological polar surface area (TPSA) is 89.6 Å². The van der Waals surface area contributed by atoms with Crippen molar-refractivity contribution in [3.63, 3.8) is 0 Å². The highest BCUT2D eigenvalue weighted by Crippen LogP contribution is 2.22. The van der Waals surface area contributed by atoms with Crippen LogP contribution >= 0.6 is 35.6 Å². The predicted molar refractivity (Wildman–Crippen MR) is 136 cm³/mol. The second kappa shape index (κ2) is 11.5. The van der Waals surface area contributed by atoms with Gasteiger partial charge in [0.1, 0.15) is 0 Å². The van der Waals surface area contributed by atoms with Gasteiger partial charge in [-0.1, -0.05) is 11.6 Å². The molecule has 30 heavy (non-hydrogen) atoms. The molecule has 7 nitrogen and oxygen atoms in total. The van der Waals surface area contributed by atoms with Crippen molar-refractivity contribution in [1.82, 2.24) is 19.9 Å². The predicted octanol–water partition coefficient (Wildman–Crippen LogP) is 3.35. The van der Waals surface area contributed by atoms with Crippen LogP contribution in [0, 0.1) is 0 Å². The Bertz CT molecular complexity index is 955. The molecule has 2 heterocycles. The van der Waals surface area contributed by atoms with Gasteiger partial charge in [-0.3, -0.25) is 4.99 Å². The van der Waals surface area contributed by atoms with E-state index in [2.05, 4.69) is 15.6 Å². The van der Waals surface area contributed by atoms with Gasteiger partial charge in [-0.05, 0) is 56.9 Å². The standard InChI is InChI=1S/C20H30ClN5O2S.HI/c1-3-22-20(25-17-8-11-26(12-9-17)29(27,28)4-2)23-10-7-15-14-24-19-6-5-16(21)13-18(15)19;/h5-6,13-14,17,24H,3-4,7-12H2,1-2H3,(H2,22,23,25);1H. The summed E-state index contributed by atoms with van der Waals surface area (Å²) in [5.41, 5.74) is 2.27. The number of H-pyrrole nitrogens is 1. The van der Waals surface area contributed by atoms with Crippen LogP contribution in [0.15, 0.2) is 29.4 Å². The van der Waals surface area contributed by atoms with E-state index in [-0.39, 0.29) is 35.8 Å². The van der Waals surface area contributed by atoms with Crippen molar-refractivity contribution in [3.05, 3.63) is 35.0 Å². The van der Waals surface area contributed by atoms with Gasteiger partial charge in [0.2, 0.25) is 10.0 Å². The summed E-state index contributed by atoms with van der Waals surface area (Å²) >= 11 is 6.13. The largest absolute Gasteiger partial charge is 0.361 e. The third-order valence-electron chi connectivity index (χ3n) is 5.28. The van der Waals surface area contributed by atoms with Crippen molar-refractivity contribution in [2.45, 2.75) is 39.2 Å². The molecule has 0 radical (unpaired) electrons. The number of guanidine groups is 1. The molecule has 0 unspecified atom stereocenters. The number of sulfonamides is 1. The van der Waals surface area contributed by atoms with Crippen LogP contribution in [0.25, 0.3) is 10.9 Å². The van der Waals surface area contributed by atoms with Crippen LogP contribution in [0.1, 0.15) is 32.3 Å². The lowest BCUT2D eigenvalue weighted by molar-refractivity contribution is 0.306. The molecular weight excluding hydrogens is 537 g/mol. The van der Waals surface area contributed by atoms with Crippen molar-refractivity contribution in [2.24, 2.45) is 4.99 Å². The van der Waals surface area contributed by atoms with E-state index < -0.39 is 10.0 Å². The molecule has 168 valence electrons. The fourth-order valence-corrected chi connectivity index (χ4v) is 4.92. The summed E-state index contributed by atoms with van der Waals surface area (Å²) in [4.78, 5) is 7.98. The maximum atomic E-state index is 12.0. The number of halogens is 2. The van der Waals surface area contributed by atoms with E-state index in [1.54, 1.807) is 11.2 Å². The zero-order chi connectivity index (χ0) is 20.9. The van der Waals surface area contributed by atoms with E-state index in [1.165, 1.54) is 5.56 Å². The summed E-state index contributed by atoms with van der Waals surface area (Å²) in [7, 11) is -3.10. The molecule has 0 bridgehead atoms. The number of benzene rings is 1. The minimum atomic E-state index is -3.10. The van der Waals surface area contributed by atoms with Crippen molar-refractivity contribution in [2.75, 3.05) is 31.9 Å². The van der Waals surface area contributed by atoms with Gasteiger partial charge in [0.05, 0.1) is 5.75 Å². The van der Waals surface area contributed by atoms with Crippen LogP contribution < -0.4 is 10.6 Å². The molecule has 1 fully saturated rings. The zero-order valence-corrected chi connectivity index (χ0v) is 21.4. The Balaban J connectivity index is 0.00000320. The molecule has 0 amide bonds. The minimum Gasteiger partial charge on any atom is -0.361 e. The molecule has 1 aliphatic heterocycles. The number of aromatic nitrogens is 1. The molecule has 1 saturated heterocycles. The van der Waals surface area contributed by atoms with Crippen molar-refractivity contribution in [3.8, 4) is 0 Å². The number of fused-ring (bicyclic) bond motifs is 1. The fourth-order valence-electron chi connectivity index (χ4n) is 3.62. The first-order valence-corrected chi connectivity index (χ1v) is 12.2. The maximum absolute atomic E-state index is 12.0. The van der Waals surface area contributed by atoms with Gasteiger partial charge in [0.25, 0.3) is 0 Å². The number of nitrogens with one attached hydrogen (secondary N) is 3. The molecule has 0 saturated carbocycles. The molecule has 3 N–H and O–H groups in total. The average molecular weight is 568 g/mol. The lowest BCUT2D eigenvalue weighted by atomic mass is 10.1. The SMILES string of the molecule is CCNC(=NCCc1c[nH]c2ccc(Cl)cc12)NC1CCN(S(=O)(=O)CC)CC1.I. The first kappa shape index (κ1) is 25.2. The Hall–Kier alpha value is -1.04. The lowest BCUT2D eigenvalue weighted by Crippen LogP contribution is -2.50. The van der Waals surface area contributed by atoms with Crippen LogP contribution in [0.4, 0.5) is 0 Å². The summed E-state index contributed by atoms with van der Waals surface area (Å²) in [6.07, 6.45) is 4.39. The van der Waals surface area contributed by atoms with Gasteiger partial charge in [0.15, 0.2) is 5.96 Å². The summed E-state index contributed by atoms with van der Waals surface area (Å²) in [6.45, 7) is 6.27. The Morgan fingerprint density at radius 2 is 2.03 bits per heavy atom. The Morgan fingerprint density at radius 3 is 2.70 bits per heavy atom. The number of hydrogen-bond donors (Lipinski definition) is 3. The van der Waals surface area contributed by atoms with Crippen molar-refractivity contribution in [1.29, 1.82) is 0 Å².